The van der Waals surface area contributed by atoms with E-state index in [1.165, 1.54) is 7.11 Å². The molecule has 1 aromatic carbocycles. The lowest BCUT2D eigenvalue weighted by atomic mass is 10.0. The molecule has 6 N–H and O–H groups in total. The molecule has 9 nitrogen and oxygen atoms in total. The molecule has 152 valence electrons. The van der Waals surface area contributed by atoms with Crippen LogP contribution in [0.15, 0.2) is 35.4 Å². The van der Waals surface area contributed by atoms with Crippen molar-refractivity contribution in [3.8, 4) is 0 Å². The number of carboxylic acid groups (broad SMARTS) is 1. The number of carboxylic acids is 1. The van der Waals surface area contributed by atoms with Crippen LogP contribution in [-0.4, -0.2) is 41.2 Å². The Morgan fingerprint density at radius 2 is 2.10 bits per heavy atom. The third-order valence-corrected chi connectivity index (χ3v) is 4.33. The van der Waals surface area contributed by atoms with E-state index in [-0.39, 0.29) is 23.2 Å². The van der Waals surface area contributed by atoms with E-state index in [4.69, 9.17) is 15.6 Å². The van der Waals surface area contributed by atoms with Gasteiger partial charge in [-0.1, -0.05) is 6.07 Å². The van der Waals surface area contributed by atoms with Gasteiger partial charge in [-0.05, 0) is 12.1 Å². The lowest BCUT2D eigenvalue weighted by molar-refractivity contribution is 0.0695. The van der Waals surface area contributed by atoms with Gasteiger partial charge in [0.05, 0.1) is 28.9 Å². The first-order valence-electron chi connectivity index (χ1n) is 8.71. The molecule has 29 heavy (non-hydrogen) atoms. The van der Waals surface area contributed by atoms with Gasteiger partial charge in [-0.3, -0.25) is 4.79 Å². The second kappa shape index (κ2) is 8.57. The minimum atomic E-state index is -1.43. The van der Waals surface area contributed by atoms with Gasteiger partial charge in [-0.15, -0.1) is 0 Å². The second-order valence-corrected chi connectivity index (χ2v) is 6.17. The molecule has 3 aromatic rings. The number of ether oxygens (including phenoxy) is 1. The van der Waals surface area contributed by atoms with E-state index >= 15 is 4.39 Å². The number of methoxy groups -OCH3 is 1. The van der Waals surface area contributed by atoms with Crippen LogP contribution >= 0.6 is 0 Å². The lowest BCUT2D eigenvalue weighted by Crippen LogP contribution is -2.20. The van der Waals surface area contributed by atoms with E-state index < -0.39 is 28.5 Å². The van der Waals surface area contributed by atoms with Crippen molar-refractivity contribution >= 4 is 34.1 Å². The summed E-state index contributed by atoms with van der Waals surface area (Å²) < 4.78 is 20.2. The zero-order chi connectivity index (χ0) is 21.0. The van der Waals surface area contributed by atoms with Crippen molar-refractivity contribution in [3.05, 3.63) is 57.8 Å². The van der Waals surface area contributed by atoms with Gasteiger partial charge in [-0.2, -0.15) is 0 Å². The molecule has 0 spiro atoms. The fourth-order valence-corrected chi connectivity index (χ4v) is 3.00. The summed E-state index contributed by atoms with van der Waals surface area (Å²) in [7, 11) is 1.43. The molecule has 0 aliphatic carbocycles. The van der Waals surface area contributed by atoms with Crippen molar-refractivity contribution in [2.24, 2.45) is 0 Å². The van der Waals surface area contributed by atoms with Gasteiger partial charge in [0.2, 0.25) is 5.43 Å². The van der Waals surface area contributed by atoms with Crippen LogP contribution in [0.25, 0.3) is 10.9 Å². The van der Waals surface area contributed by atoms with E-state index in [0.29, 0.717) is 24.5 Å². The van der Waals surface area contributed by atoms with Crippen molar-refractivity contribution in [1.29, 1.82) is 0 Å². The number of aromatic carboxylic acids is 1. The summed E-state index contributed by atoms with van der Waals surface area (Å²) in [6.45, 7) is 0.744. The Bertz CT molecular complexity index is 1100. The fraction of sp³-hybridized carbons (Fsp3) is 0.211. The third kappa shape index (κ3) is 3.97. The molecule has 0 saturated carbocycles. The van der Waals surface area contributed by atoms with Crippen LogP contribution in [0.2, 0.25) is 0 Å². The number of halogens is 1. The number of hydrogen-bond donors (Lipinski definition) is 5. The summed E-state index contributed by atoms with van der Waals surface area (Å²) in [5.74, 6) is -1.59. The molecule has 0 amide bonds. The van der Waals surface area contributed by atoms with Crippen LogP contribution in [-0.2, 0) is 11.3 Å². The summed E-state index contributed by atoms with van der Waals surface area (Å²) in [5.41, 5.74) is 4.69. The minimum Gasteiger partial charge on any atom is -0.477 e. The van der Waals surface area contributed by atoms with Crippen molar-refractivity contribution in [3.63, 3.8) is 0 Å². The Kier molecular flexibility index (Phi) is 5.93. The number of benzene rings is 1. The standard InChI is InChI=1S/C19H20FN5O4/c1-29-9-11-16-13(18(26)10(8-25-16)19(27)28)15(21)14(20)17(11)24-7-6-23-12-4-2-3-5-22-12/h2-5,8,24H,6-7,9,21H2,1H3,(H,22,23)(H,25,26)(H,27,28). The first kappa shape index (κ1) is 20.1. The highest BCUT2D eigenvalue weighted by Crippen LogP contribution is 2.33. The highest BCUT2D eigenvalue weighted by molar-refractivity contribution is 6.00. The summed E-state index contributed by atoms with van der Waals surface area (Å²) in [5, 5.41) is 15.0. The predicted octanol–water partition coefficient (Wildman–Crippen LogP) is 2.01. The van der Waals surface area contributed by atoms with Crippen molar-refractivity contribution in [2.45, 2.75) is 6.61 Å². The van der Waals surface area contributed by atoms with E-state index in [1.54, 1.807) is 18.3 Å². The molecule has 0 radical (unpaired) electrons. The number of nitrogens with zero attached hydrogens (tertiary/aromatic N) is 1. The van der Waals surface area contributed by atoms with E-state index in [9.17, 15) is 9.59 Å². The maximum Gasteiger partial charge on any atom is 0.341 e. The van der Waals surface area contributed by atoms with Crippen LogP contribution in [0, 0.1) is 5.82 Å². The quantitative estimate of drug-likeness (QED) is 0.285. The molecule has 3 rings (SSSR count). The summed E-state index contributed by atoms with van der Waals surface area (Å²) >= 11 is 0. The molecule has 0 fully saturated rings. The predicted molar refractivity (Wildman–Crippen MR) is 108 cm³/mol. The van der Waals surface area contributed by atoms with E-state index in [0.717, 1.165) is 6.20 Å². The molecule has 0 unspecified atom stereocenters. The van der Waals surface area contributed by atoms with E-state index in [2.05, 4.69) is 20.6 Å². The highest BCUT2D eigenvalue weighted by atomic mass is 19.1. The number of carbonyl (C=O) groups is 1. The molecule has 10 heteroatoms. The van der Waals surface area contributed by atoms with Gasteiger partial charge in [0.1, 0.15) is 11.4 Å². The van der Waals surface area contributed by atoms with Gasteiger partial charge in [0, 0.05) is 38.2 Å². The Labute approximate surface area is 164 Å². The average molecular weight is 401 g/mol. The normalized spacial score (nSPS) is 10.8. The zero-order valence-corrected chi connectivity index (χ0v) is 15.6. The Balaban J connectivity index is 1.97. The summed E-state index contributed by atoms with van der Waals surface area (Å²) in [6, 6.07) is 5.44. The fourth-order valence-electron chi connectivity index (χ4n) is 3.00. The number of aromatic amines is 1. The average Bonchev–Trinajstić information content (AvgIpc) is 2.71. The topological polar surface area (TPSA) is 142 Å². The van der Waals surface area contributed by atoms with Crippen LogP contribution in [0.3, 0.4) is 0 Å². The molecule has 0 saturated heterocycles. The SMILES string of the molecule is COCc1c(NCCNc2ccccn2)c(F)c(N)c2c(=O)c(C(=O)O)c[nH]c12. The highest BCUT2D eigenvalue weighted by Gasteiger charge is 2.23. The minimum absolute atomic E-state index is 0.0218. The number of H-pyrrole nitrogens is 1. The molecular weight excluding hydrogens is 381 g/mol. The van der Waals surface area contributed by atoms with Crippen LogP contribution in [0.5, 0.6) is 0 Å². The molecule has 0 aliphatic heterocycles. The molecule has 2 aromatic heterocycles. The van der Waals surface area contributed by atoms with Crippen LogP contribution in [0.4, 0.5) is 21.6 Å². The number of fused-ring (bicyclic) bond motifs is 1. The van der Waals surface area contributed by atoms with Gasteiger partial charge in [0.25, 0.3) is 0 Å². The largest absolute Gasteiger partial charge is 0.477 e. The zero-order valence-electron chi connectivity index (χ0n) is 15.6. The van der Waals surface area contributed by atoms with Crippen molar-refractivity contribution in [1.82, 2.24) is 9.97 Å². The first-order chi connectivity index (χ1) is 14.0. The Hall–Kier alpha value is -3.66. The van der Waals surface area contributed by atoms with Gasteiger partial charge < -0.3 is 31.2 Å². The first-order valence-corrected chi connectivity index (χ1v) is 8.71. The summed E-state index contributed by atoms with van der Waals surface area (Å²) in [6.07, 6.45) is 2.72. The number of pyridine rings is 2. The number of nitrogens with one attached hydrogen (secondary N) is 3. The maximum absolute atomic E-state index is 15.0. The van der Waals surface area contributed by atoms with Crippen LogP contribution in [0.1, 0.15) is 15.9 Å². The molecule has 0 atom stereocenters. The summed E-state index contributed by atoms with van der Waals surface area (Å²) in [4.78, 5) is 30.6. The van der Waals surface area contributed by atoms with Gasteiger partial charge in [0.15, 0.2) is 5.82 Å². The lowest BCUT2D eigenvalue weighted by Gasteiger charge is -2.18. The van der Waals surface area contributed by atoms with E-state index in [1.807, 2.05) is 6.07 Å². The van der Waals surface area contributed by atoms with Gasteiger partial charge in [-0.25, -0.2) is 14.2 Å². The van der Waals surface area contributed by atoms with Gasteiger partial charge >= 0.3 is 5.97 Å². The Morgan fingerprint density at radius 3 is 2.76 bits per heavy atom. The number of aromatic nitrogens is 2. The number of nitrogens with two attached hydrogens (primary N) is 1. The Morgan fingerprint density at radius 1 is 1.34 bits per heavy atom. The molecule has 0 bridgehead atoms. The number of anilines is 3. The van der Waals surface area contributed by atoms with Crippen molar-refractivity contribution < 1.29 is 19.0 Å². The maximum atomic E-state index is 15.0. The van der Waals surface area contributed by atoms with Crippen LogP contribution < -0.4 is 21.8 Å². The molecule has 2 heterocycles. The number of rotatable bonds is 8. The molecular formula is C19H20FN5O4. The second-order valence-electron chi connectivity index (χ2n) is 6.17. The number of hydrogen-bond acceptors (Lipinski definition) is 7. The number of nitrogen functional groups attached to an aromatic ring is 1. The third-order valence-electron chi connectivity index (χ3n) is 4.33. The van der Waals surface area contributed by atoms with Crippen molar-refractivity contribution in [2.75, 3.05) is 36.6 Å². The molecule has 0 aliphatic rings. The monoisotopic (exact) mass is 401 g/mol. The smallest absolute Gasteiger partial charge is 0.341 e.